The highest BCUT2D eigenvalue weighted by molar-refractivity contribution is 7.91. The molecule has 0 unspecified atom stereocenters. The highest BCUT2D eigenvalue weighted by atomic mass is 32.2. The van der Waals surface area contributed by atoms with Crippen LogP contribution in [0.5, 0.6) is 0 Å². The summed E-state index contributed by atoms with van der Waals surface area (Å²) in [7, 11) is -4.07. The summed E-state index contributed by atoms with van der Waals surface area (Å²) in [6.45, 7) is 2.47. The van der Waals surface area contributed by atoms with E-state index in [0.29, 0.717) is 31.7 Å². The predicted molar refractivity (Wildman–Crippen MR) is 152 cm³/mol. The summed E-state index contributed by atoms with van der Waals surface area (Å²) in [4.78, 5) is 8.79. The minimum absolute atomic E-state index is 0.0325. The van der Waals surface area contributed by atoms with E-state index in [1.54, 1.807) is 0 Å². The van der Waals surface area contributed by atoms with E-state index in [4.69, 9.17) is 4.42 Å². The van der Waals surface area contributed by atoms with Crippen LogP contribution in [-0.2, 0) is 9.84 Å². The van der Waals surface area contributed by atoms with Gasteiger partial charge in [-0.3, -0.25) is 4.90 Å². The number of piperazine rings is 1. The largest absolute Gasteiger partial charge is 0.419 e. The normalized spacial score (nSPS) is 14.5. The number of oxazole rings is 1. The number of hydrogen-bond acceptors (Lipinski definition) is 6. The summed E-state index contributed by atoms with van der Waals surface area (Å²) in [5.74, 6) is -0.0734. The molecule has 1 aromatic heterocycles. The monoisotopic (exact) mass is 553 g/mol. The van der Waals surface area contributed by atoms with Crippen LogP contribution < -0.4 is 4.90 Å². The molecule has 0 spiro atoms. The van der Waals surface area contributed by atoms with Crippen molar-refractivity contribution in [1.82, 2.24) is 9.88 Å². The molecule has 2 heterocycles. The fraction of sp³-hybridized carbons (Fsp3) is 0.156. The molecular formula is C32H28FN3O3S. The van der Waals surface area contributed by atoms with Gasteiger partial charge in [-0.05, 0) is 47.5 Å². The second-order valence-corrected chi connectivity index (χ2v) is 11.6. The predicted octanol–water partition coefficient (Wildman–Crippen LogP) is 6.23. The van der Waals surface area contributed by atoms with Crippen molar-refractivity contribution in [1.29, 1.82) is 0 Å². The van der Waals surface area contributed by atoms with Gasteiger partial charge in [-0.1, -0.05) is 78.9 Å². The van der Waals surface area contributed by atoms with Crippen molar-refractivity contribution >= 4 is 15.7 Å². The lowest BCUT2D eigenvalue weighted by Crippen LogP contribution is -2.48. The molecule has 5 aromatic rings. The molecule has 1 aliphatic heterocycles. The molecule has 6 rings (SSSR count). The van der Waals surface area contributed by atoms with Gasteiger partial charge in [0.25, 0.3) is 0 Å². The Balaban J connectivity index is 1.33. The molecule has 0 atom stereocenters. The van der Waals surface area contributed by atoms with Crippen LogP contribution in [0.25, 0.3) is 11.5 Å². The van der Waals surface area contributed by atoms with Crippen molar-refractivity contribution in [2.45, 2.75) is 16.0 Å². The Morgan fingerprint density at radius 2 is 1.23 bits per heavy atom. The molecule has 0 saturated carbocycles. The Morgan fingerprint density at radius 1 is 0.700 bits per heavy atom. The molecule has 40 heavy (non-hydrogen) atoms. The molecule has 0 N–H and O–H groups in total. The van der Waals surface area contributed by atoms with Gasteiger partial charge in [-0.25, -0.2) is 12.8 Å². The number of aromatic nitrogens is 1. The minimum atomic E-state index is -4.07. The Kier molecular flexibility index (Phi) is 7.19. The second kappa shape index (κ2) is 11.1. The Bertz CT molecular complexity index is 1630. The molecular weight excluding hydrogens is 525 g/mol. The van der Waals surface area contributed by atoms with Crippen molar-refractivity contribution in [2.75, 3.05) is 31.1 Å². The lowest BCUT2D eigenvalue weighted by molar-refractivity contribution is 0.209. The van der Waals surface area contributed by atoms with E-state index in [9.17, 15) is 12.8 Å². The lowest BCUT2D eigenvalue weighted by atomic mass is 9.96. The minimum Gasteiger partial charge on any atom is -0.419 e. The number of nitrogens with zero attached hydrogens (tertiary/aromatic N) is 3. The zero-order chi connectivity index (χ0) is 27.5. The summed E-state index contributed by atoms with van der Waals surface area (Å²) in [6.07, 6.45) is 0. The molecule has 4 aromatic carbocycles. The van der Waals surface area contributed by atoms with E-state index < -0.39 is 15.7 Å². The van der Waals surface area contributed by atoms with Crippen LogP contribution in [-0.4, -0.2) is 44.5 Å². The van der Waals surface area contributed by atoms with Gasteiger partial charge in [0.15, 0.2) is 0 Å². The number of anilines is 1. The number of rotatable bonds is 7. The maximum atomic E-state index is 13.7. The van der Waals surface area contributed by atoms with E-state index in [1.807, 2.05) is 71.6 Å². The van der Waals surface area contributed by atoms with Gasteiger partial charge in [-0.2, -0.15) is 4.98 Å². The molecule has 0 amide bonds. The SMILES string of the molecule is O=S(=O)(c1ccc(F)cc1)c1nc(-c2ccccc2)oc1N1CCN(C(c2ccccc2)c2ccccc2)CC1. The van der Waals surface area contributed by atoms with Gasteiger partial charge in [0.05, 0.1) is 10.9 Å². The number of sulfone groups is 1. The van der Waals surface area contributed by atoms with Crippen molar-refractivity contribution in [3.05, 3.63) is 132 Å². The van der Waals surface area contributed by atoms with Crippen molar-refractivity contribution < 1.29 is 17.2 Å². The molecule has 8 heteroatoms. The van der Waals surface area contributed by atoms with E-state index in [-0.39, 0.29) is 27.7 Å². The smallest absolute Gasteiger partial charge is 0.236 e. The van der Waals surface area contributed by atoms with Crippen LogP contribution in [0.1, 0.15) is 17.2 Å². The summed E-state index contributed by atoms with van der Waals surface area (Å²) >= 11 is 0. The van der Waals surface area contributed by atoms with Crippen LogP contribution in [0.4, 0.5) is 10.3 Å². The standard InChI is InChI=1S/C32H28FN3O3S/c33-27-16-18-28(19-17-27)40(37,38)31-32(39-30(34-31)26-14-8-3-9-15-26)36-22-20-35(21-23-36)29(24-10-4-1-5-11-24)25-12-6-2-7-13-25/h1-19,29H,20-23H2. The third-order valence-electron chi connectivity index (χ3n) is 7.18. The number of benzene rings is 4. The topological polar surface area (TPSA) is 66.7 Å². The maximum absolute atomic E-state index is 13.7. The first kappa shape index (κ1) is 26.0. The first-order chi connectivity index (χ1) is 19.5. The van der Waals surface area contributed by atoms with E-state index in [1.165, 1.54) is 23.3 Å². The van der Waals surface area contributed by atoms with Crippen LogP contribution >= 0.6 is 0 Å². The molecule has 0 aliphatic carbocycles. The van der Waals surface area contributed by atoms with Crippen molar-refractivity contribution in [2.24, 2.45) is 0 Å². The van der Waals surface area contributed by atoms with Gasteiger partial charge in [0.2, 0.25) is 26.6 Å². The zero-order valence-corrected chi connectivity index (χ0v) is 22.5. The molecule has 1 saturated heterocycles. The lowest BCUT2D eigenvalue weighted by Gasteiger charge is -2.39. The molecule has 0 bridgehead atoms. The quantitative estimate of drug-likeness (QED) is 0.223. The van der Waals surface area contributed by atoms with Crippen molar-refractivity contribution in [3.63, 3.8) is 0 Å². The van der Waals surface area contributed by atoms with E-state index in [2.05, 4.69) is 34.1 Å². The third kappa shape index (κ3) is 5.15. The molecule has 0 radical (unpaired) electrons. The van der Waals surface area contributed by atoms with Crippen molar-refractivity contribution in [3.8, 4) is 11.5 Å². The van der Waals surface area contributed by atoms with E-state index in [0.717, 1.165) is 12.1 Å². The first-order valence-corrected chi connectivity index (χ1v) is 14.6. The van der Waals surface area contributed by atoms with Gasteiger partial charge in [0, 0.05) is 31.7 Å². The summed E-state index contributed by atoms with van der Waals surface area (Å²) in [5, 5.41) is -0.158. The van der Waals surface area contributed by atoms with Gasteiger partial charge >= 0.3 is 0 Å². The van der Waals surface area contributed by atoms with Crippen LogP contribution in [0.3, 0.4) is 0 Å². The number of hydrogen-bond donors (Lipinski definition) is 0. The van der Waals surface area contributed by atoms with Gasteiger partial charge in [-0.15, -0.1) is 0 Å². The zero-order valence-electron chi connectivity index (χ0n) is 21.7. The fourth-order valence-electron chi connectivity index (χ4n) is 5.17. The Hall–Kier alpha value is -4.27. The summed E-state index contributed by atoms with van der Waals surface area (Å²) in [5.41, 5.74) is 3.08. The van der Waals surface area contributed by atoms with Gasteiger partial charge < -0.3 is 9.32 Å². The molecule has 1 aliphatic rings. The Labute approximate surface area is 233 Å². The average Bonchev–Trinajstić information content (AvgIpc) is 3.46. The summed E-state index contributed by atoms with van der Waals surface area (Å²) in [6, 6.07) is 34.9. The fourth-order valence-corrected chi connectivity index (χ4v) is 6.49. The van der Waals surface area contributed by atoms with Crippen LogP contribution in [0.2, 0.25) is 0 Å². The summed E-state index contributed by atoms with van der Waals surface area (Å²) < 4.78 is 47.2. The van der Waals surface area contributed by atoms with Crippen LogP contribution in [0.15, 0.2) is 130 Å². The van der Waals surface area contributed by atoms with Crippen LogP contribution in [0, 0.1) is 5.82 Å². The molecule has 6 nitrogen and oxygen atoms in total. The van der Waals surface area contributed by atoms with E-state index >= 15 is 0 Å². The number of halogens is 1. The van der Waals surface area contributed by atoms with Gasteiger partial charge in [0.1, 0.15) is 5.82 Å². The second-order valence-electron chi connectivity index (χ2n) is 9.70. The average molecular weight is 554 g/mol. The Morgan fingerprint density at radius 3 is 1.77 bits per heavy atom. The third-order valence-corrected chi connectivity index (χ3v) is 8.84. The first-order valence-electron chi connectivity index (χ1n) is 13.2. The highest BCUT2D eigenvalue weighted by Crippen LogP contribution is 2.36. The molecule has 202 valence electrons. The maximum Gasteiger partial charge on any atom is 0.236 e. The highest BCUT2D eigenvalue weighted by Gasteiger charge is 2.34. The molecule has 1 fully saturated rings.